The first kappa shape index (κ1) is 15.6. The normalized spacial score (nSPS) is 11.8. The second-order valence-corrected chi connectivity index (χ2v) is 5.31. The van der Waals surface area contributed by atoms with Gasteiger partial charge in [-0.25, -0.2) is 15.0 Å². The minimum atomic E-state index is 0.764. The first-order valence-corrected chi connectivity index (χ1v) is 7.72. The Kier molecular flexibility index (Phi) is 4.49. The highest BCUT2D eigenvalue weighted by Crippen LogP contribution is 2.27. The SMILES string of the molecule is C#CC=N/C(=C\C)c1ccc(-c2nc(C)nc3ccccc23)cc1. The lowest BCUT2D eigenvalue weighted by Gasteiger charge is -2.08. The highest BCUT2D eigenvalue weighted by atomic mass is 14.9. The van der Waals surface area contributed by atoms with E-state index in [-0.39, 0.29) is 0 Å². The Bertz CT molecular complexity index is 974. The third kappa shape index (κ3) is 3.09. The molecule has 0 fully saturated rings. The summed E-state index contributed by atoms with van der Waals surface area (Å²) in [6, 6.07) is 16.2. The average Bonchev–Trinajstić information content (AvgIpc) is 2.62. The smallest absolute Gasteiger partial charge is 0.126 e. The number of aromatic nitrogens is 2. The molecule has 0 atom stereocenters. The Balaban J connectivity index is 2.06. The van der Waals surface area contributed by atoms with E-state index in [1.165, 1.54) is 6.21 Å². The van der Waals surface area contributed by atoms with Crippen molar-refractivity contribution in [3.8, 4) is 23.6 Å². The van der Waals surface area contributed by atoms with Gasteiger partial charge in [0.05, 0.1) is 23.1 Å². The second-order valence-electron chi connectivity index (χ2n) is 5.31. The number of allylic oxidation sites excluding steroid dienone is 1. The molecule has 0 saturated carbocycles. The number of hydrogen-bond donors (Lipinski definition) is 0. The van der Waals surface area contributed by atoms with Gasteiger partial charge in [-0.3, -0.25) is 0 Å². The number of terminal acetylenes is 1. The number of para-hydroxylation sites is 1. The van der Waals surface area contributed by atoms with E-state index in [2.05, 4.69) is 33.0 Å². The molecular formula is C21H17N3. The van der Waals surface area contributed by atoms with E-state index in [0.29, 0.717) is 0 Å². The number of benzene rings is 2. The zero-order chi connectivity index (χ0) is 16.9. The summed E-state index contributed by atoms with van der Waals surface area (Å²) in [5.41, 5.74) is 4.82. The zero-order valence-electron chi connectivity index (χ0n) is 13.7. The fourth-order valence-electron chi connectivity index (χ4n) is 2.63. The molecule has 0 radical (unpaired) electrons. The Morgan fingerprint density at radius 1 is 1.08 bits per heavy atom. The Morgan fingerprint density at radius 3 is 2.54 bits per heavy atom. The number of rotatable bonds is 3. The summed E-state index contributed by atoms with van der Waals surface area (Å²) in [4.78, 5) is 13.4. The van der Waals surface area contributed by atoms with Crippen LogP contribution in [0.3, 0.4) is 0 Å². The van der Waals surface area contributed by atoms with E-state index < -0.39 is 0 Å². The first-order valence-electron chi connectivity index (χ1n) is 7.72. The van der Waals surface area contributed by atoms with Crippen molar-refractivity contribution >= 4 is 22.8 Å². The quantitative estimate of drug-likeness (QED) is 0.521. The van der Waals surface area contributed by atoms with Crippen LogP contribution >= 0.6 is 0 Å². The predicted octanol–water partition coefficient (Wildman–Crippen LogP) is 4.67. The monoisotopic (exact) mass is 311 g/mol. The lowest BCUT2D eigenvalue weighted by atomic mass is 10.0. The van der Waals surface area contributed by atoms with Crippen molar-refractivity contribution in [2.45, 2.75) is 13.8 Å². The number of hydrogen-bond acceptors (Lipinski definition) is 3. The van der Waals surface area contributed by atoms with Crippen LogP contribution in [0.25, 0.3) is 27.9 Å². The van der Waals surface area contributed by atoms with Crippen LogP contribution in [0.15, 0.2) is 59.6 Å². The van der Waals surface area contributed by atoms with E-state index in [9.17, 15) is 0 Å². The number of nitrogens with zero attached hydrogens (tertiary/aromatic N) is 3. The molecule has 0 aliphatic heterocycles. The van der Waals surface area contributed by atoms with E-state index >= 15 is 0 Å². The summed E-state index contributed by atoms with van der Waals surface area (Å²) in [7, 11) is 0. The van der Waals surface area contributed by atoms with Crippen LogP contribution in [0.1, 0.15) is 18.3 Å². The highest BCUT2D eigenvalue weighted by Gasteiger charge is 2.08. The maximum absolute atomic E-state index is 5.24. The van der Waals surface area contributed by atoms with Gasteiger partial charge in [0.2, 0.25) is 0 Å². The maximum atomic E-state index is 5.24. The molecule has 0 aliphatic carbocycles. The van der Waals surface area contributed by atoms with Crippen molar-refractivity contribution < 1.29 is 0 Å². The van der Waals surface area contributed by atoms with Gasteiger partial charge in [0.25, 0.3) is 0 Å². The van der Waals surface area contributed by atoms with Gasteiger partial charge in [0, 0.05) is 10.9 Å². The molecule has 24 heavy (non-hydrogen) atoms. The fourth-order valence-corrected chi connectivity index (χ4v) is 2.63. The molecule has 0 aliphatic rings. The topological polar surface area (TPSA) is 38.1 Å². The Morgan fingerprint density at radius 2 is 1.83 bits per heavy atom. The van der Waals surface area contributed by atoms with Crippen LogP contribution in [0.4, 0.5) is 0 Å². The van der Waals surface area contributed by atoms with Gasteiger partial charge in [-0.05, 0) is 25.5 Å². The van der Waals surface area contributed by atoms with E-state index in [1.807, 2.05) is 56.3 Å². The largest absolute Gasteiger partial charge is 0.248 e. The summed E-state index contributed by atoms with van der Waals surface area (Å²) >= 11 is 0. The fraction of sp³-hybridized carbons (Fsp3) is 0.0952. The van der Waals surface area contributed by atoms with Crippen LogP contribution in [0.2, 0.25) is 0 Å². The molecule has 3 rings (SSSR count). The minimum absolute atomic E-state index is 0.764. The van der Waals surface area contributed by atoms with Crippen LogP contribution in [-0.4, -0.2) is 16.2 Å². The summed E-state index contributed by atoms with van der Waals surface area (Å²) in [6.07, 6.45) is 8.64. The minimum Gasteiger partial charge on any atom is -0.248 e. The molecule has 1 aromatic heterocycles. The van der Waals surface area contributed by atoms with E-state index in [4.69, 9.17) is 6.42 Å². The molecule has 1 heterocycles. The molecular weight excluding hydrogens is 294 g/mol. The Hall–Kier alpha value is -3.25. The molecule has 2 aromatic carbocycles. The van der Waals surface area contributed by atoms with Gasteiger partial charge in [0.15, 0.2) is 0 Å². The maximum Gasteiger partial charge on any atom is 0.126 e. The summed E-state index contributed by atoms with van der Waals surface area (Å²) < 4.78 is 0. The summed E-state index contributed by atoms with van der Waals surface area (Å²) in [6.45, 7) is 3.86. The number of aliphatic imine (C=N–C) groups is 1. The number of fused-ring (bicyclic) bond motifs is 1. The van der Waals surface area contributed by atoms with Gasteiger partial charge in [-0.2, -0.15) is 0 Å². The molecule has 0 amide bonds. The highest BCUT2D eigenvalue weighted by molar-refractivity contribution is 5.92. The molecule has 0 N–H and O–H groups in total. The summed E-state index contributed by atoms with van der Waals surface area (Å²) in [5, 5.41) is 1.05. The third-order valence-corrected chi connectivity index (χ3v) is 3.72. The molecule has 0 bridgehead atoms. The van der Waals surface area contributed by atoms with Crippen LogP contribution in [-0.2, 0) is 0 Å². The molecule has 0 saturated heterocycles. The molecule has 116 valence electrons. The van der Waals surface area contributed by atoms with Gasteiger partial charge in [-0.15, -0.1) is 6.42 Å². The van der Waals surface area contributed by atoms with Crippen LogP contribution in [0.5, 0.6) is 0 Å². The molecule has 3 heteroatoms. The molecule has 3 nitrogen and oxygen atoms in total. The predicted molar refractivity (Wildman–Crippen MR) is 101 cm³/mol. The van der Waals surface area contributed by atoms with Crippen LogP contribution < -0.4 is 0 Å². The van der Waals surface area contributed by atoms with Crippen molar-refractivity contribution in [3.63, 3.8) is 0 Å². The molecule has 0 spiro atoms. The van der Waals surface area contributed by atoms with Crippen molar-refractivity contribution in [2.24, 2.45) is 4.99 Å². The van der Waals surface area contributed by atoms with E-state index in [1.54, 1.807) is 0 Å². The van der Waals surface area contributed by atoms with Gasteiger partial charge in [-0.1, -0.05) is 54.5 Å². The summed E-state index contributed by atoms with van der Waals surface area (Å²) in [5.74, 6) is 3.18. The molecule has 3 aromatic rings. The van der Waals surface area contributed by atoms with Gasteiger partial charge in [0.1, 0.15) is 5.82 Å². The lowest BCUT2D eigenvalue weighted by molar-refractivity contribution is 1.10. The van der Waals surface area contributed by atoms with Gasteiger partial charge < -0.3 is 0 Å². The van der Waals surface area contributed by atoms with Crippen molar-refractivity contribution in [3.05, 3.63) is 66.0 Å². The van der Waals surface area contributed by atoms with E-state index in [0.717, 1.165) is 39.2 Å². The first-order chi connectivity index (χ1) is 11.7. The molecule has 0 unspecified atom stereocenters. The van der Waals surface area contributed by atoms with Crippen molar-refractivity contribution in [2.75, 3.05) is 0 Å². The zero-order valence-corrected chi connectivity index (χ0v) is 13.7. The average molecular weight is 311 g/mol. The Labute approximate surface area is 141 Å². The van der Waals surface area contributed by atoms with Crippen molar-refractivity contribution in [1.82, 2.24) is 9.97 Å². The van der Waals surface area contributed by atoms with Crippen molar-refractivity contribution in [1.29, 1.82) is 0 Å². The lowest BCUT2D eigenvalue weighted by Crippen LogP contribution is -1.94. The second kappa shape index (κ2) is 6.89. The van der Waals surface area contributed by atoms with Crippen LogP contribution in [0, 0.1) is 19.3 Å². The number of aryl methyl sites for hydroxylation is 1. The van der Waals surface area contributed by atoms with Gasteiger partial charge >= 0.3 is 0 Å². The standard InChI is InChI=1S/C21H17N3/c1-4-14-22-19(5-2)16-10-12-17(13-11-16)21-18-8-6-7-9-20(18)23-15(3)24-21/h1,5-14H,2-3H3/b19-5-,22-14?. The third-order valence-electron chi connectivity index (χ3n) is 3.72.